The Bertz CT molecular complexity index is 505. The van der Waals surface area contributed by atoms with Crippen molar-refractivity contribution in [2.45, 2.75) is 57.9 Å². The molecule has 1 aliphatic carbocycles. The number of nitrogens with zero attached hydrogens (tertiary/aromatic N) is 2. The van der Waals surface area contributed by atoms with Gasteiger partial charge in [0.15, 0.2) is 0 Å². The minimum Gasteiger partial charge on any atom is -0.481 e. The highest BCUT2D eigenvalue weighted by Crippen LogP contribution is 2.32. The molecular weight excluding hydrogens is 308 g/mol. The van der Waals surface area contributed by atoms with Crippen molar-refractivity contribution in [2.24, 2.45) is 17.8 Å². The first-order valence-corrected chi connectivity index (χ1v) is 9.26. The van der Waals surface area contributed by atoms with Crippen LogP contribution < -0.4 is 0 Å². The third kappa shape index (κ3) is 3.57. The summed E-state index contributed by atoms with van der Waals surface area (Å²) >= 11 is 0. The molecule has 0 aromatic heterocycles. The highest BCUT2D eigenvalue weighted by atomic mass is 16.4. The lowest BCUT2D eigenvalue weighted by molar-refractivity contribution is -0.146. The van der Waals surface area contributed by atoms with Gasteiger partial charge in [-0.2, -0.15) is 0 Å². The number of carbonyl (C=O) groups is 3. The fourth-order valence-electron chi connectivity index (χ4n) is 4.41. The topological polar surface area (TPSA) is 77.9 Å². The maximum Gasteiger partial charge on any atom is 0.306 e. The Morgan fingerprint density at radius 1 is 1.00 bits per heavy atom. The summed E-state index contributed by atoms with van der Waals surface area (Å²) in [4.78, 5) is 39.8. The smallest absolute Gasteiger partial charge is 0.306 e. The minimum absolute atomic E-state index is 0.0406. The Hall–Kier alpha value is -1.59. The number of amides is 2. The Morgan fingerprint density at radius 2 is 1.62 bits per heavy atom. The third-order valence-corrected chi connectivity index (χ3v) is 6.09. The van der Waals surface area contributed by atoms with E-state index in [9.17, 15) is 14.4 Å². The standard InChI is InChI=1S/C18H28N2O4/c1-12-2-4-15(5-3-12)20-11-14(10-16(20)21)17(22)19-8-6-13(7-9-19)18(23)24/h12-15H,2-11H2,1H3,(H,23,24)/t12?,14-,15?/m1/s1. The summed E-state index contributed by atoms with van der Waals surface area (Å²) in [5.74, 6) is -0.437. The van der Waals surface area contributed by atoms with E-state index in [0.29, 0.717) is 44.9 Å². The van der Waals surface area contributed by atoms with Crippen LogP contribution in [0.3, 0.4) is 0 Å². The summed E-state index contributed by atoms with van der Waals surface area (Å²) in [6.45, 7) is 3.81. The van der Waals surface area contributed by atoms with Crippen LogP contribution in [0.4, 0.5) is 0 Å². The number of carboxylic acid groups (broad SMARTS) is 1. The molecule has 3 aliphatic rings. The second-order valence-corrected chi connectivity index (χ2v) is 7.80. The quantitative estimate of drug-likeness (QED) is 0.851. The number of rotatable bonds is 3. The van der Waals surface area contributed by atoms with Gasteiger partial charge in [-0.05, 0) is 44.4 Å². The molecule has 0 aromatic carbocycles. The molecule has 1 N–H and O–H groups in total. The van der Waals surface area contributed by atoms with E-state index in [0.717, 1.165) is 31.6 Å². The summed E-state index contributed by atoms with van der Waals surface area (Å²) in [6, 6.07) is 0.309. The van der Waals surface area contributed by atoms with E-state index >= 15 is 0 Å². The van der Waals surface area contributed by atoms with Gasteiger partial charge in [-0.15, -0.1) is 0 Å². The second kappa shape index (κ2) is 7.11. The molecule has 6 heteroatoms. The highest BCUT2D eigenvalue weighted by Gasteiger charge is 2.41. The molecule has 0 aromatic rings. The Morgan fingerprint density at radius 3 is 2.21 bits per heavy atom. The third-order valence-electron chi connectivity index (χ3n) is 6.09. The summed E-state index contributed by atoms with van der Waals surface area (Å²) < 4.78 is 0. The van der Waals surface area contributed by atoms with Crippen molar-refractivity contribution in [3.8, 4) is 0 Å². The fourth-order valence-corrected chi connectivity index (χ4v) is 4.41. The monoisotopic (exact) mass is 336 g/mol. The van der Waals surface area contributed by atoms with Crippen LogP contribution in [-0.2, 0) is 14.4 Å². The zero-order valence-electron chi connectivity index (χ0n) is 14.4. The highest BCUT2D eigenvalue weighted by molar-refractivity contribution is 5.89. The van der Waals surface area contributed by atoms with Gasteiger partial charge in [0.25, 0.3) is 0 Å². The molecule has 1 saturated carbocycles. The van der Waals surface area contributed by atoms with Crippen molar-refractivity contribution in [3.05, 3.63) is 0 Å². The van der Waals surface area contributed by atoms with Crippen LogP contribution in [0.1, 0.15) is 51.9 Å². The minimum atomic E-state index is -0.768. The number of hydrogen-bond acceptors (Lipinski definition) is 3. The van der Waals surface area contributed by atoms with Crippen molar-refractivity contribution in [2.75, 3.05) is 19.6 Å². The first-order chi connectivity index (χ1) is 11.5. The van der Waals surface area contributed by atoms with Gasteiger partial charge in [0.1, 0.15) is 0 Å². The van der Waals surface area contributed by atoms with Crippen LogP contribution in [0.15, 0.2) is 0 Å². The van der Waals surface area contributed by atoms with E-state index in [1.807, 2.05) is 4.90 Å². The van der Waals surface area contributed by atoms with Crippen LogP contribution in [-0.4, -0.2) is 58.4 Å². The Kier molecular flexibility index (Phi) is 5.11. The predicted octanol–water partition coefficient (Wildman–Crippen LogP) is 1.74. The number of likely N-dealkylation sites (tertiary alicyclic amines) is 2. The number of carbonyl (C=O) groups excluding carboxylic acids is 2. The van der Waals surface area contributed by atoms with Gasteiger partial charge < -0.3 is 14.9 Å². The molecule has 3 rings (SSSR count). The lowest BCUT2D eigenvalue weighted by atomic mass is 9.86. The lowest BCUT2D eigenvalue weighted by Crippen LogP contribution is -2.44. The maximum absolute atomic E-state index is 12.7. The second-order valence-electron chi connectivity index (χ2n) is 7.80. The van der Waals surface area contributed by atoms with Gasteiger partial charge in [-0.1, -0.05) is 6.92 Å². The lowest BCUT2D eigenvalue weighted by Gasteiger charge is -2.34. The first kappa shape index (κ1) is 17.2. The van der Waals surface area contributed by atoms with Gasteiger partial charge in [0.2, 0.25) is 11.8 Å². The average Bonchev–Trinajstić information content (AvgIpc) is 2.97. The Balaban J connectivity index is 1.54. The van der Waals surface area contributed by atoms with Gasteiger partial charge in [-0.3, -0.25) is 14.4 Å². The molecule has 2 aliphatic heterocycles. The molecule has 0 unspecified atom stereocenters. The van der Waals surface area contributed by atoms with Crippen molar-refractivity contribution in [1.82, 2.24) is 9.80 Å². The van der Waals surface area contributed by atoms with Crippen LogP contribution >= 0.6 is 0 Å². The molecule has 2 heterocycles. The van der Waals surface area contributed by atoms with Crippen LogP contribution in [0.25, 0.3) is 0 Å². The molecule has 2 amide bonds. The molecule has 134 valence electrons. The van der Waals surface area contributed by atoms with E-state index in [2.05, 4.69) is 6.92 Å². The molecule has 1 atom stereocenters. The van der Waals surface area contributed by atoms with Gasteiger partial charge in [0.05, 0.1) is 11.8 Å². The molecule has 24 heavy (non-hydrogen) atoms. The van der Waals surface area contributed by atoms with Crippen molar-refractivity contribution < 1.29 is 19.5 Å². The van der Waals surface area contributed by atoms with Gasteiger partial charge >= 0.3 is 5.97 Å². The summed E-state index contributed by atoms with van der Waals surface area (Å²) in [6.07, 6.45) is 5.79. The summed E-state index contributed by atoms with van der Waals surface area (Å²) in [7, 11) is 0. The summed E-state index contributed by atoms with van der Waals surface area (Å²) in [5.41, 5.74) is 0. The molecule has 0 spiro atoms. The normalized spacial score (nSPS) is 32.2. The molecule has 0 bridgehead atoms. The van der Waals surface area contributed by atoms with Crippen molar-refractivity contribution in [1.29, 1.82) is 0 Å². The van der Waals surface area contributed by atoms with E-state index in [1.165, 1.54) is 0 Å². The van der Waals surface area contributed by atoms with E-state index in [1.54, 1.807) is 4.90 Å². The molecule has 2 saturated heterocycles. The van der Waals surface area contributed by atoms with Gasteiger partial charge in [-0.25, -0.2) is 0 Å². The summed E-state index contributed by atoms with van der Waals surface area (Å²) in [5, 5.41) is 9.05. The van der Waals surface area contributed by atoms with E-state index in [4.69, 9.17) is 5.11 Å². The van der Waals surface area contributed by atoms with E-state index in [-0.39, 0.29) is 23.7 Å². The number of hydrogen-bond donors (Lipinski definition) is 1. The first-order valence-electron chi connectivity index (χ1n) is 9.26. The van der Waals surface area contributed by atoms with Crippen molar-refractivity contribution >= 4 is 17.8 Å². The number of aliphatic carboxylic acids is 1. The molecular formula is C18H28N2O4. The van der Waals surface area contributed by atoms with Gasteiger partial charge in [0, 0.05) is 32.1 Å². The number of carboxylic acids is 1. The molecule has 6 nitrogen and oxygen atoms in total. The zero-order chi connectivity index (χ0) is 17.3. The SMILES string of the molecule is CC1CCC(N2C[C@H](C(=O)N3CCC(C(=O)O)CC3)CC2=O)CC1. The number of piperidine rings is 1. The van der Waals surface area contributed by atoms with Crippen LogP contribution in [0.5, 0.6) is 0 Å². The largest absolute Gasteiger partial charge is 0.481 e. The average molecular weight is 336 g/mol. The predicted molar refractivity (Wildman–Crippen MR) is 88.2 cm³/mol. The fraction of sp³-hybridized carbons (Fsp3) is 0.833. The van der Waals surface area contributed by atoms with Crippen molar-refractivity contribution in [3.63, 3.8) is 0 Å². The zero-order valence-corrected chi connectivity index (χ0v) is 14.4. The Labute approximate surface area is 143 Å². The van der Waals surface area contributed by atoms with E-state index < -0.39 is 5.97 Å². The maximum atomic E-state index is 12.7. The molecule has 3 fully saturated rings. The van der Waals surface area contributed by atoms with Crippen LogP contribution in [0, 0.1) is 17.8 Å². The molecule has 0 radical (unpaired) electrons. The van der Waals surface area contributed by atoms with Crippen LogP contribution in [0.2, 0.25) is 0 Å².